The van der Waals surface area contributed by atoms with Gasteiger partial charge in [-0.1, -0.05) is 19.1 Å². The van der Waals surface area contributed by atoms with E-state index in [1.807, 2.05) is 29.5 Å². The second-order valence-electron chi connectivity index (χ2n) is 9.23. The predicted octanol–water partition coefficient (Wildman–Crippen LogP) is 4.37. The molecule has 1 atom stereocenters. The standard InChI is InChI=1S/C26H31N5O2S/c1-4-8-19-20(5-2)34-26-22(25(33)28-16-10-11-16)23(32)18-12-13-21(29-24(18)31(19)26)27-15-17-9-6-7-14-30(17)3/h4-5,8,12-13,16-17H,2,6-7,9-11,14-15H2,1,3H3,(H,27,29)(H,28,33)/b8-4-. The van der Waals surface area contributed by atoms with Gasteiger partial charge in [0.1, 0.15) is 16.2 Å². The van der Waals surface area contributed by atoms with Crippen molar-refractivity contribution in [3.63, 3.8) is 0 Å². The molecule has 2 fully saturated rings. The van der Waals surface area contributed by atoms with Crippen LogP contribution in [0.3, 0.4) is 0 Å². The Morgan fingerprint density at radius 1 is 1.29 bits per heavy atom. The Labute approximate surface area is 203 Å². The summed E-state index contributed by atoms with van der Waals surface area (Å²) in [5.74, 6) is 0.422. The molecule has 5 rings (SSSR count). The van der Waals surface area contributed by atoms with Crippen molar-refractivity contribution in [1.82, 2.24) is 19.6 Å². The van der Waals surface area contributed by atoms with Gasteiger partial charge < -0.3 is 15.5 Å². The molecule has 1 amide bonds. The van der Waals surface area contributed by atoms with E-state index in [0.717, 1.165) is 42.3 Å². The van der Waals surface area contributed by atoms with E-state index in [4.69, 9.17) is 4.98 Å². The fourth-order valence-corrected chi connectivity index (χ4v) is 5.81. The lowest BCUT2D eigenvalue weighted by Gasteiger charge is -2.32. The first-order valence-electron chi connectivity index (χ1n) is 12.0. The number of anilines is 1. The molecule has 2 aliphatic rings. The van der Waals surface area contributed by atoms with Gasteiger partial charge >= 0.3 is 0 Å². The quantitative estimate of drug-likeness (QED) is 0.528. The van der Waals surface area contributed by atoms with Crippen LogP contribution in [-0.2, 0) is 0 Å². The lowest BCUT2D eigenvalue weighted by molar-refractivity contribution is 0.0951. The van der Waals surface area contributed by atoms with Crippen LogP contribution in [-0.4, -0.2) is 52.4 Å². The van der Waals surface area contributed by atoms with Gasteiger partial charge in [0.2, 0.25) is 5.43 Å². The molecule has 4 heterocycles. The second-order valence-corrected chi connectivity index (χ2v) is 10.3. The number of fused-ring (bicyclic) bond motifs is 3. The average Bonchev–Trinajstić information content (AvgIpc) is 3.57. The van der Waals surface area contributed by atoms with E-state index in [9.17, 15) is 9.59 Å². The molecule has 34 heavy (non-hydrogen) atoms. The highest BCUT2D eigenvalue weighted by molar-refractivity contribution is 7.19. The topological polar surface area (TPSA) is 78.7 Å². The molecule has 1 aliphatic heterocycles. The Balaban J connectivity index is 1.64. The summed E-state index contributed by atoms with van der Waals surface area (Å²) in [5, 5.41) is 6.92. The molecule has 178 valence electrons. The summed E-state index contributed by atoms with van der Waals surface area (Å²) in [7, 11) is 2.17. The van der Waals surface area contributed by atoms with Gasteiger partial charge in [0.15, 0.2) is 5.65 Å². The van der Waals surface area contributed by atoms with Crippen molar-refractivity contribution in [2.45, 2.75) is 51.1 Å². The molecule has 1 unspecified atom stereocenters. The Hall–Kier alpha value is -2.97. The molecule has 1 aliphatic carbocycles. The normalized spacial score (nSPS) is 19.2. The van der Waals surface area contributed by atoms with Crippen molar-refractivity contribution >= 4 is 51.1 Å². The molecule has 2 N–H and O–H groups in total. The summed E-state index contributed by atoms with van der Waals surface area (Å²) in [4.78, 5) is 35.4. The number of likely N-dealkylation sites (tertiary alicyclic amines) is 1. The number of allylic oxidation sites excluding steroid dienone is 1. The third kappa shape index (κ3) is 4.16. The number of hydrogen-bond donors (Lipinski definition) is 2. The number of pyridine rings is 2. The van der Waals surface area contributed by atoms with Gasteiger partial charge in [-0.2, -0.15) is 0 Å². The van der Waals surface area contributed by atoms with Crippen molar-refractivity contribution < 1.29 is 4.79 Å². The first-order valence-corrected chi connectivity index (χ1v) is 12.9. The Morgan fingerprint density at radius 2 is 2.12 bits per heavy atom. The number of hydrogen-bond acceptors (Lipinski definition) is 6. The number of carbonyl (C=O) groups is 1. The Kier molecular flexibility index (Phi) is 6.27. The fraction of sp³-hybridized carbons (Fsp3) is 0.423. The monoisotopic (exact) mass is 477 g/mol. The van der Waals surface area contributed by atoms with E-state index in [0.29, 0.717) is 21.9 Å². The summed E-state index contributed by atoms with van der Waals surface area (Å²) in [6, 6.07) is 4.27. The minimum absolute atomic E-state index is 0.166. The third-order valence-electron chi connectivity index (χ3n) is 6.77. The fourth-order valence-electron chi connectivity index (χ4n) is 4.69. The highest BCUT2D eigenvalue weighted by Gasteiger charge is 2.29. The molecule has 1 saturated heterocycles. The van der Waals surface area contributed by atoms with E-state index in [2.05, 4.69) is 29.2 Å². The molecule has 7 nitrogen and oxygen atoms in total. The summed E-state index contributed by atoms with van der Waals surface area (Å²) >= 11 is 1.40. The Morgan fingerprint density at radius 3 is 2.82 bits per heavy atom. The molecule has 8 heteroatoms. The van der Waals surface area contributed by atoms with Gasteiger partial charge in [-0.3, -0.25) is 14.0 Å². The van der Waals surface area contributed by atoms with Crippen LogP contribution in [0, 0.1) is 0 Å². The highest BCUT2D eigenvalue weighted by atomic mass is 32.1. The maximum absolute atomic E-state index is 13.5. The zero-order valence-corrected chi connectivity index (χ0v) is 20.6. The van der Waals surface area contributed by atoms with E-state index in [1.165, 1.54) is 30.6 Å². The number of thiazole rings is 1. The van der Waals surface area contributed by atoms with Crippen molar-refractivity contribution in [3.8, 4) is 0 Å². The molecule has 0 aromatic carbocycles. The zero-order chi connectivity index (χ0) is 23.8. The van der Waals surface area contributed by atoms with Crippen LogP contribution < -0.4 is 16.1 Å². The van der Waals surface area contributed by atoms with E-state index < -0.39 is 0 Å². The van der Waals surface area contributed by atoms with Crippen LogP contribution in [0.2, 0.25) is 0 Å². The van der Waals surface area contributed by atoms with Gasteiger partial charge in [-0.15, -0.1) is 11.3 Å². The molecular weight excluding hydrogens is 446 g/mol. The molecule has 3 aromatic heterocycles. The predicted molar refractivity (Wildman–Crippen MR) is 141 cm³/mol. The maximum atomic E-state index is 13.5. The van der Waals surface area contributed by atoms with E-state index in [1.54, 1.807) is 12.1 Å². The van der Waals surface area contributed by atoms with Crippen LogP contribution in [0.1, 0.15) is 60.0 Å². The first kappa shape index (κ1) is 22.8. The van der Waals surface area contributed by atoms with Crippen LogP contribution in [0.5, 0.6) is 0 Å². The summed E-state index contributed by atoms with van der Waals surface area (Å²) in [6.07, 6.45) is 11.3. The number of likely N-dealkylation sites (N-methyl/N-ethyl adjacent to an activating group) is 1. The SMILES string of the molecule is C=Cc1sc2c(C(=O)NC3CC3)c(=O)c3ccc(NCC4CCCCN4C)nc3n2c1/C=C\C. The molecule has 0 spiro atoms. The lowest BCUT2D eigenvalue weighted by atomic mass is 10.0. The van der Waals surface area contributed by atoms with Crippen LogP contribution in [0.25, 0.3) is 28.0 Å². The molecule has 1 saturated carbocycles. The van der Waals surface area contributed by atoms with Crippen molar-refractivity contribution in [2.24, 2.45) is 0 Å². The smallest absolute Gasteiger partial charge is 0.258 e. The zero-order valence-electron chi connectivity index (χ0n) is 19.8. The lowest BCUT2D eigenvalue weighted by Crippen LogP contribution is -2.40. The van der Waals surface area contributed by atoms with E-state index in [-0.39, 0.29) is 22.9 Å². The van der Waals surface area contributed by atoms with E-state index >= 15 is 0 Å². The van der Waals surface area contributed by atoms with Crippen LogP contribution in [0.15, 0.2) is 29.6 Å². The number of amides is 1. The molecular formula is C26H31N5O2S. The number of aromatic nitrogens is 2. The molecule has 3 aromatic rings. The van der Waals surface area contributed by atoms with Crippen LogP contribution >= 0.6 is 11.3 Å². The molecule has 0 bridgehead atoms. The van der Waals surface area contributed by atoms with Gasteiger partial charge in [0.05, 0.1) is 16.0 Å². The number of carbonyl (C=O) groups excluding carboxylic acids is 1. The molecule has 0 radical (unpaired) electrons. The number of piperidine rings is 1. The van der Waals surface area contributed by atoms with Crippen molar-refractivity contribution in [3.05, 3.63) is 51.1 Å². The van der Waals surface area contributed by atoms with Crippen molar-refractivity contribution in [2.75, 3.05) is 25.5 Å². The second kappa shape index (κ2) is 9.35. The largest absolute Gasteiger partial charge is 0.368 e. The minimum atomic E-state index is -0.307. The van der Waals surface area contributed by atoms with Gasteiger partial charge in [0, 0.05) is 18.6 Å². The summed E-state index contributed by atoms with van der Waals surface area (Å²) < 4.78 is 1.94. The third-order valence-corrected chi connectivity index (χ3v) is 7.94. The summed E-state index contributed by atoms with van der Waals surface area (Å²) in [6.45, 7) is 7.82. The van der Waals surface area contributed by atoms with Crippen LogP contribution in [0.4, 0.5) is 5.82 Å². The van der Waals surface area contributed by atoms with Gasteiger partial charge in [0.25, 0.3) is 5.91 Å². The highest BCUT2D eigenvalue weighted by Crippen LogP contribution is 2.31. The number of rotatable bonds is 7. The Bertz CT molecular complexity index is 1350. The average molecular weight is 478 g/mol. The minimum Gasteiger partial charge on any atom is -0.368 e. The number of nitrogens with one attached hydrogen (secondary N) is 2. The van der Waals surface area contributed by atoms with Gasteiger partial charge in [-0.05, 0) is 70.5 Å². The van der Waals surface area contributed by atoms with Gasteiger partial charge in [-0.25, -0.2) is 4.98 Å². The maximum Gasteiger partial charge on any atom is 0.258 e. The summed E-state index contributed by atoms with van der Waals surface area (Å²) in [5.41, 5.74) is 1.35. The van der Waals surface area contributed by atoms with Crippen molar-refractivity contribution in [1.29, 1.82) is 0 Å². The number of nitrogens with zero attached hydrogens (tertiary/aromatic N) is 3. The first-order chi connectivity index (χ1) is 16.5.